The first-order valence-corrected chi connectivity index (χ1v) is 9.47. The number of rotatable bonds is 4. The van der Waals surface area contributed by atoms with Gasteiger partial charge in [0.1, 0.15) is 11.3 Å². The van der Waals surface area contributed by atoms with E-state index in [2.05, 4.69) is 10.3 Å². The summed E-state index contributed by atoms with van der Waals surface area (Å²) in [5, 5.41) is 4.64. The number of nitrogens with zero attached hydrogens (tertiary/aromatic N) is 2. The Morgan fingerprint density at radius 2 is 2.00 bits per heavy atom. The zero-order valence-electron chi connectivity index (χ0n) is 15.3. The maximum Gasteiger partial charge on any atom is 0.271 e. The number of fused-ring (bicyclic) bond motifs is 1. The second kappa shape index (κ2) is 7.28. The highest BCUT2D eigenvalue weighted by atomic mass is 32.1. The molecule has 0 atom stereocenters. The third-order valence-electron chi connectivity index (χ3n) is 4.45. The fourth-order valence-corrected chi connectivity index (χ4v) is 3.79. The fourth-order valence-electron chi connectivity index (χ4n) is 2.93. The van der Waals surface area contributed by atoms with E-state index in [1.807, 2.05) is 54.8 Å². The predicted octanol–water partition coefficient (Wildman–Crippen LogP) is 3.99. The lowest BCUT2D eigenvalue weighted by atomic mass is 10.1. The smallest absolute Gasteiger partial charge is 0.271 e. The Morgan fingerprint density at radius 1 is 1.18 bits per heavy atom. The SMILES string of the molecule is COc1cccc(-c2csc3ncc(C(=O)Nc4ccccc4C)c(=O)n23)c1. The molecule has 0 aliphatic carbocycles. The summed E-state index contributed by atoms with van der Waals surface area (Å²) < 4.78 is 6.74. The van der Waals surface area contributed by atoms with E-state index >= 15 is 0 Å². The Bertz CT molecular complexity index is 1240. The topological polar surface area (TPSA) is 72.7 Å². The summed E-state index contributed by atoms with van der Waals surface area (Å²) in [5.41, 5.74) is 2.64. The molecule has 0 radical (unpaired) electrons. The number of carbonyl (C=O) groups excluding carboxylic acids is 1. The summed E-state index contributed by atoms with van der Waals surface area (Å²) in [6, 6.07) is 14.8. The van der Waals surface area contributed by atoms with Crippen molar-refractivity contribution >= 4 is 27.9 Å². The number of hydrogen-bond acceptors (Lipinski definition) is 5. The lowest BCUT2D eigenvalue weighted by Crippen LogP contribution is -2.26. The van der Waals surface area contributed by atoms with Gasteiger partial charge >= 0.3 is 0 Å². The number of para-hydroxylation sites is 1. The fraction of sp³-hybridized carbons (Fsp3) is 0.0952. The molecule has 4 aromatic rings. The van der Waals surface area contributed by atoms with Gasteiger partial charge in [-0.05, 0) is 30.7 Å². The van der Waals surface area contributed by atoms with E-state index in [0.29, 0.717) is 22.1 Å². The van der Waals surface area contributed by atoms with E-state index in [1.54, 1.807) is 13.2 Å². The molecule has 1 amide bonds. The van der Waals surface area contributed by atoms with Crippen molar-refractivity contribution in [3.8, 4) is 17.0 Å². The Kier molecular flexibility index (Phi) is 4.67. The molecule has 0 bridgehead atoms. The Hall–Kier alpha value is -3.45. The summed E-state index contributed by atoms with van der Waals surface area (Å²) in [6.45, 7) is 1.89. The van der Waals surface area contributed by atoms with Crippen LogP contribution in [0.5, 0.6) is 5.75 Å². The van der Waals surface area contributed by atoms with Crippen LogP contribution in [0.15, 0.2) is 64.9 Å². The van der Waals surface area contributed by atoms with Crippen LogP contribution in [0.3, 0.4) is 0 Å². The van der Waals surface area contributed by atoms with E-state index in [4.69, 9.17) is 4.74 Å². The summed E-state index contributed by atoms with van der Waals surface area (Å²) in [5.74, 6) is 0.204. The Balaban J connectivity index is 1.79. The number of amides is 1. The largest absolute Gasteiger partial charge is 0.497 e. The molecule has 140 valence electrons. The molecule has 7 heteroatoms. The van der Waals surface area contributed by atoms with Crippen LogP contribution in [0, 0.1) is 6.92 Å². The minimum atomic E-state index is -0.482. The van der Waals surface area contributed by atoms with E-state index in [0.717, 1.165) is 11.1 Å². The monoisotopic (exact) mass is 391 g/mol. The van der Waals surface area contributed by atoms with Crippen LogP contribution < -0.4 is 15.6 Å². The number of hydrogen-bond donors (Lipinski definition) is 1. The highest BCUT2D eigenvalue weighted by Crippen LogP contribution is 2.27. The number of aromatic nitrogens is 2. The molecule has 2 aromatic heterocycles. The van der Waals surface area contributed by atoms with Crippen LogP contribution in [0.1, 0.15) is 15.9 Å². The number of ether oxygens (including phenoxy) is 1. The average Bonchev–Trinajstić information content (AvgIpc) is 3.15. The van der Waals surface area contributed by atoms with Crippen LogP contribution in [-0.4, -0.2) is 22.4 Å². The van der Waals surface area contributed by atoms with Gasteiger partial charge in [0.25, 0.3) is 11.5 Å². The molecule has 0 saturated carbocycles. The Labute approximate surface area is 165 Å². The van der Waals surface area contributed by atoms with Crippen molar-refractivity contribution < 1.29 is 9.53 Å². The second-order valence-corrected chi connectivity index (χ2v) is 7.05. The van der Waals surface area contributed by atoms with Crippen molar-refractivity contribution in [2.75, 3.05) is 12.4 Å². The molecule has 2 heterocycles. The lowest BCUT2D eigenvalue weighted by Gasteiger charge is -2.08. The molecule has 0 saturated heterocycles. The van der Waals surface area contributed by atoms with Gasteiger partial charge in [0.2, 0.25) is 0 Å². The molecule has 0 unspecified atom stereocenters. The number of thiazole rings is 1. The normalized spacial score (nSPS) is 10.8. The van der Waals surface area contributed by atoms with Crippen molar-refractivity contribution in [3.63, 3.8) is 0 Å². The molecule has 0 aliphatic rings. The standard InChI is InChI=1S/C21H17N3O3S/c1-13-6-3-4-9-17(13)23-19(25)16-11-22-21-24(20(16)26)18(12-28-21)14-7-5-8-15(10-14)27-2/h3-12H,1-2H3,(H,23,25). The van der Waals surface area contributed by atoms with Crippen molar-refractivity contribution in [3.05, 3.63) is 81.6 Å². The molecule has 0 fully saturated rings. The van der Waals surface area contributed by atoms with Crippen LogP contribution in [0.2, 0.25) is 0 Å². The third kappa shape index (κ3) is 3.16. The summed E-state index contributed by atoms with van der Waals surface area (Å²) in [4.78, 5) is 30.6. The van der Waals surface area contributed by atoms with Crippen molar-refractivity contribution in [1.29, 1.82) is 0 Å². The highest BCUT2D eigenvalue weighted by Gasteiger charge is 2.18. The molecular formula is C21H17N3O3S. The molecule has 2 aromatic carbocycles. The second-order valence-electron chi connectivity index (χ2n) is 6.22. The number of nitrogens with one attached hydrogen (secondary N) is 1. The van der Waals surface area contributed by atoms with Crippen molar-refractivity contribution in [2.24, 2.45) is 0 Å². The number of benzene rings is 2. The maximum atomic E-state index is 13.1. The first-order valence-electron chi connectivity index (χ1n) is 8.59. The molecule has 28 heavy (non-hydrogen) atoms. The number of anilines is 1. The lowest BCUT2D eigenvalue weighted by molar-refractivity contribution is 0.102. The third-order valence-corrected chi connectivity index (χ3v) is 5.29. The summed E-state index contributed by atoms with van der Waals surface area (Å²) in [6.07, 6.45) is 1.33. The molecule has 4 rings (SSSR count). The molecule has 1 N–H and O–H groups in total. The van der Waals surface area contributed by atoms with Gasteiger partial charge in [-0.3, -0.25) is 14.0 Å². The van der Waals surface area contributed by atoms with Gasteiger partial charge in [0.15, 0.2) is 4.96 Å². The summed E-state index contributed by atoms with van der Waals surface area (Å²) in [7, 11) is 1.59. The van der Waals surface area contributed by atoms with Gasteiger partial charge in [0, 0.05) is 22.8 Å². The number of aryl methyl sites for hydroxylation is 1. The van der Waals surface area contributed by atoms with Crippen LogP contribution in [0.4, 0.5) is 5.69 Å². The first kappa shape index (κ1) is 17.9. The van der Waals surface area contributed by atoms with Crippen molar-refractivity contribution in [2.45, 2.75) is 6.92 Å². The Morgan fingerprint density at radius 3 is 2.79 bits per heavy atom. The molecular weight excluding hydrogens is 374 g/mol. The molecule has 0 aliphatic heterocycles. The summed E-state index contributed by atoms with van der Waals surface area (Å²) >= 11 is 1.34. The van der Waals surface area contributed by atoms with Gasteiger partial charge in [-0.15, -0.1) is 11.3 Å². The quantitative estimate of drug-likeness (QED) is 0.571. The van der Waals surface area contributed by atoms with Crippen LogP contribution >= 0.6 is 11.3 Å². The van der Waals surface area contributed by atoms with Gasteiger partial charge in [0.05, 0.1) is 12.8 Å². The minimum absolute atomic E-state index is 0.0108. The zero-order chi connectivity index (χ0) is 19.7. The van der Waals surface area contributed by atoms with Gasteiger partial charge in [-0.2, -0.15) is 0 Å². The predicted molar refractivity (Wildman–Crippen MR) is 110 cm³/mol. The average molecular weight is 391 g/mol. The minimum Gasteiger partial charge on any atom is -0.497 e. The number of methoxy groups -OCH3 is 1. The number of carbonyl (C=O) groups is 1. The van der Waals surface area contributed by atoms with E-state index < -0.39 is 11.5 Å². The van der Waals surface area contributed by atoms with E-state index in [1.165, 1.54) is 21.9 Å². The van der Waals surface area contributed by atoms with Gasteiger partial charge in [-0.25, -0.2) is 4.98 Å². The van der Waals surface area contributed by atoms with Crippen LogP contribution in [-0.2, 0) is 0 Å². The van der Waals surface area contributed by atoms with Crippen LogP contribution in [0.25, 0.3) is 16.2 Å². The first-order chi connectivity index (χ1) is 13.6. The van der Waals surface area contributed by atoms with E-state index in [-0.39, 0.29) is 5.56 Å². The van der Waals surface area contributed by atoms with Gasteiger partial charge in [-0.1, -0.05) is 30.3 Å². The van der Waals surface area contributed by atoms with E-state index in [9.17, 15) is 9.59 Å². The zero-order valence-corrected chi connectivity index (χ0v) is 16.1. The molecule has 6 nitrogen and oxygen atoms in total. The molecule has 0 spiro atoms. The maximum absolute atomic E-state index is 13.1. The highest BCUT2D eigenvalue weighted by molar-refractivity contribution is 7.15. The van der Waals surface area contributed by atoms with Gasteiger partial charge < -0.3 is 10.1 Å². The van der Waals surface area contributed by atoms with Crippen molar-refractivity contribution in [1.82, 2.24) is 9.38 Å².